The smallest absolute Gasteiger partial charge is 0.360 e. The van der Waals surface area contributed by atoms with E-state index in [9.17, 15) is 18.0 Å². The number of halogens is 4. The van der Waals surface area contributed by atoms with Crippen LogP contribution < -0.4 is 4.90 Å². The zero-order valence-electron chi connectivity index (χ0n) is 14.6. The number of nitrogens with zero attached hydrogens (tertiary/aromatic N) is 3. The van der Waals surface area contributed by atoms with Crippen molar-refractivity contribution < 1.29 is 18.0 Å². The summed E-state index contributed by atoms with van der Waals surface area (Å²) in [6, 6.07) is 7.53. The fourth-order valence-corrected chi connectivity index (χ4v) is 3.61. The Kier molecular flexibility index (Phi) is 4.66. The van der Waals surface area contributed by atoms with Crippen LogP contribution in [0, 0.1) is 0 Å². The van der Waals surface area contributed by atoms with E-state index < -0.39 is 11.7 Å². The quantitative estimate of drug-likeness (QED) is 0.691. The van der Waals surface area contributed by atoms with Crippen LogP contribution in [0.25, 0.3) is 10.9 Å². The Morgan fingerprint density at radius 3 is 2.61 bits per heavy atom. The van der Waals surface area contributed by atoms with Gasteiger partial charge in [0.05, 0.1) is 11.1 Å². The van der Waals surface area contributed by atoms with Crippen LogP contribution >= 0.6 is 11.6 Å². The normalized spacial score (nSPS) is 15.3. The molecule has 0 spiro atoms. The Morgan fingerprint density at radius 2 is 1.89 bits per heavy atom. The molecular formula is C19H16ClF3N4O. The minimum absolute atomic E-state index is 0.0937. The molecule has 0 bridgehead atoms. The standard InChI is InChI=1S/C19H16ClF3N4O/c20-12-3-4-13-14(11-25-16(13)10-12)18(28)27-8-6-26(7-9-27)17-15(19(21,22)23)2-1-5-24-17/h1-5,10-11,25H,6-9H2. The summed E-state index contributed by atoms with van der Waals surface area (Å²) in [4.78, 5) is 23.1. The minimum atomic E-state index is -4.47. The van der Waals surface area contributed by atoms with Gasteiger partial charge in [0.1, 0.15) is 5.82 Å². The summed E-state index contributed by atoms with van der Waals surface area (Å²) in [5.74, 6) is -0.255. The topological polar surface area (TPSA) is 52.2 Å². The second-order valence-electron chi connectivity index (χ2n) is 6.54. The van der Waals surface area contributed by atoms with Crippen molar-refractivity contribution in [3.05, 3.63) is 58.9 Å². The lowest BCUT2D eigenvalue weighted by Gasteiger charge is -2.36. The van der Waals surface area contributed by atoms with Crippen LogP contribution in [0.2, 0.25) is 5.02 Å². The van der Waals surface area contributed by atoms with Crippen molar-refractivity contribution in [3.8, 4) is 0 Å². The van der Waals surface area contributed by atoms with E-state index in [0.29, 0.717) is 23.7 Å². The monoisotopic (exact) mass is 408 g/mol. The average molecular weight is 409 g/mol. The third-order valence-corrected chi connectivity index (χ3v) is 5.07. The van der Waals surface area contributed by atoms with Crippen molar-refractivity contribution in [2.75, 3.05) is 31.1 Å². The van der Waals surface area contributed by atoms with Gasteiger partial charge < -0.3 is 14.8 Å². The Labute approximate surface area is 163 Å². The van der Waals surface area contributed by atoms with Gasteiger partial charge in [-0.1, -0.05) is 17.7 Å². The summed E-state index contributed by atoms with van der Waals surface area (Å²) < 4.78 is 39.7. The molecule has 146 valence electrons. The number of hydrogen-bond donors (Lipinski definition) is 1. The number of fused-ring (bicyclic) bond motifs is 1. The first-order valence-corrected chi connectivity index (χ1v) is 9.05. The Hall–Kier alpha value is -2.74. The highest BCUT2D eigenvalue weighted by molar-refractivity contribution is 6.31. The van der Waals surface area contributed by atoms with Gasteiger partial charge >= 0.3 is 6.18 Å². The summed E-state index contributed by atoms with van der Waals surface area (Å²) >= 11 is 5.97. The number of nitrogens with one attached hydrogen (secondary N) is 1. The first-order chi connectivity index (χ1) is 13.3. The Balaban J connectivity index is 1.51. The van der Waals surface area contributed by atoms with E-state index in [-0.39, 0.29) is 24.8 Å². The zero-order valence-corrected chi connectivity index (χ0v) is 15.4. The lowest BCUT2D eigenvalue weighted by Crippen LogP contribution is -2.49. The molecule has 1 aromatic carbocycles. The number of benzene rings is 1. The maximum atomic E-state index is 13.2. The fourth-order valence-electron chi connectivity index (χ4n) is 3.44. The van der Waals surface area contributed by atoms with Gasteiger partial charge in [-0.15, -0.1) is 0 Å². The molecule has 1 saturated heterocycles. The van der Waals surface area contributed by atoms with Crippen molar-refractivity contribution in [2.24, 2.45) is 0 Å². The predicted molar refractivity (Wildman–Crippen MR) is 101 cm³/mol. The number of pyridine rings is 1. The highest BCUT2D eigenvalue weighted by atomic mass is 35.5. The summed E-state index contributed by atoms with van der Waals surface area (Å²) in [5, 5.41) is 1.33. The van der Waals surface area contributed by atoms with Crippen LogP contribution in [0.3, 0.4) is 0 Å². The van der Waals surface area contributed by atoms with Gasteiger partial charge in [0, 0.05) is 54.5 Å². The van der Waals surface area contributed by atoms with Crippen molar-refractivity contribution >= 4 is 34.2 Å². The molecule has 28 heavy (non-hydrogen) atoms. The summed E-state index contributed by atoms with van der Waals surface area (Å²) in [6.07, 6.45) is -1.49. The van der Waals surface area contributed by atoms with E-state index in [2.05, 4.69) is 9.97 Å². The molecule has 0 unspecified atom stereocenters. The van der Waals surface area contributed by atoms with Crippen molar-refractivity contribution in [2.45, 2.75) is 6.18 Å². The molecule has 0 atom stereocenters. The molecule has 0 aliphatic carbocycles. The zero-order chi connectivity index (χ0) is 19.9. The van der Waals surface area contributed by atoms with Crippen LogP contribution in [-0.4, -0.2) is 47.0 Å². The molecule has 1 aliphatic rings. The minimum Gasteiger partial charge on any atom is -0.360 e. The summed E-state index contributed by atoms with van der Waals surface area (Å²) in [5.41, 5.74) is 0.523. The van der Waals surface area contributed by atoms with Crippen LogP contribution in [0.4, 0.5) is 19.0 Å². The summed E-state index contributed by atoms with van der Waals surface area (Å²) in [6.45, 7) is 1.18. The third kappa shape index (κ3) is 3.40. The molecule has 1 N–H and O–H groups in total. The number of hydrogen-bond acceptors (Lipinski definition) is 3. The van der Waals surface area contributed by atoms with Gasteiger partial charge in [0.15, 0.2) is 0 Å². The lowest BCUT2D eigenvalue weighted by atomic mass is 10.1. The number of aromatic amines is 1. The molecule has 3 heterocycles. The Bertz CT molecular complexity index is 1030. The van der Waals surface area contributed by atoms with Crippen LogP contribution in [-0.2, 0) is 6.18 Å². The van der Waals surface area contributed by atoms with E-state index in [1.807, 2.05) is 0 Å². The largest absolute Gasteiger partial charge is 0.419 e. The average Bonchev–Trinajstić information content (AvgIpc) is 3.10. The highest BCUT2D eigenvalue weighted by Crippen LogP contribution is 2.35. The molecular weight excluding hydrogens is 393 g/mol. The molecule has 3 aromatic rings. The number of amides is 1. The van der Waals surface area contributed by atoms with E-state index in [1.54, 1.807) is 34.2 Å². The SMILES string of the molecule is O=C(c1c[nH]c2cc(Cl)ccc12)N1CCN(c2ncccc2C(F)(F)F)CC1. The molecule has 9 heteroatoms. The maximum Gasteiger partial charge on any atom is 0.419 e. The maximum absolute atomic E-state index is 13.2. The van der Waals surface area contributed by atoms with Crippen molar-refractivity contribution in [1.29, 1.82) is 0 Å². The summed E-state index contributed by atoms with van der Waals surface area (Å²) in [7, 11) is 0. The lowest BCUT2D eigenvalue weighted by molar-refractivity contribution is -0.137. The number of piperazine rings is 1. The van der Waals surface area contributed by atoms with E-state index in [0.717, 1.165) is 17.0 Å². The number of carbonyl (C=O) groups excluding carboxylic acids is 1. The molecule has 0 radical (unpaired) electrons. The predicted octanol–water partition coefficient (Wildman–Crippen LogP) is 4.20. The fraction of sp³-hybridized carbons (Fsp3) is 0.263. The molecule has 0 saturated carbocycles. The highest BCUT2D eigenvalue weighted by Gasteiger charge is 2.36. The van der Waals surface area contributed by atoms with Gasteiger partial charge in [0.2, 0.25) is 0 Å². The van der Waals surface area contributed by atoms with Gasteiger partial charge in [-0.05, 0) is 24.3 Å². The number of aromatic nitrogens is 2. The first-order valence-electron chi connectivity index (χ1n) is 8.67. The first kappa shape index (κ1) is 18.6. The van der Waals surface area contributed by atoms with Crippen LogP contribution in [0.5, 0.6) is 0 Å². The molecule has 1 aliphatic heterocycles. The second kappa shape index (κ2) is 7.01. The van der Waals surface area contributed by atoms with Crippen LogP contribution in [0.1, 0.15) is 15.9 Å². The number of alkyl halides is 3. The van der Waals surface area contributed by atoms with Gasteiger partial charge in [0.25, 0.3) is 5.91 Å². The van der Waals surface area contributed by atoms with Gasteiger partial charge in [-0.3, -0.25) is 4.79 Å². The third-order valence-electron chi connectivity index (χ3n) is 4.83. The second-order valence-corrected chi connectivity index (χ2v) is 6.98. The van der Waals surface area contributed by atoms with Crippen LogP contribution in [0.15, 0.2) is 42.7 Å². The molecule has 1 fully saturated rings. The van der Waals surface area contributed by atoms with Gasteiger partial charge in [-0.25, -0.2) is 4.98 Å². The molecule has 5 nitrogen and oxygen atoms in total. The molecule has 1 amide bonds. The molecule has 2 aromatic heterocycles. The molecule has 4 rings (SSSR count). The van der Waals surface area contributed by atoms with E-state index in [4.69, 9.17) is 11.6 Å². The van der Waals surface area contributed by atoms with E-state index >= 15 is 0 Å². The number of carbonyl (C=O) groups is 1. The number of anilines is 1. The Morgan fingerprint density at radius 1 is 1.14 bits per heavy atom. The number of rotatable bonds is 2. The van der Waals surface area contributed by atoms with Crippen molar-refractivity contribution in [1.82, 2.24) is 14.9 Å². The van der Waals surface area contributed by atoms with Gasteiger partial charge in [-0.2, -0.15) is 13.2 Å². The number of H-pyrrole nitrogens is 1. The van der Waals surface area contributed by atoms with E-state index in [1.165, 1.54) is 12.3 Å². The van der Waals surface area contributed by atoms with Crippen molar-refractivity contribution in [3.63, 3.8) is 0 Å².